The van der Waals surface area contributed by atoms with Gasteiger partial charge in [-0.05, 0) is 31.6 Å². The van der Waals surface area contributed by atoms with Gasteiger partial charge in [0.1, 0.15) is 0 Å². The summed E-state index contributed by atoms with van der Waals surface area (Å²) in [5, 5.41) is 0. The van der Waals surface area contributed by atoms with E-state index in [0.29, 0.717) is 25.1 Å². The number of methoxy groups -OCH3 is 1. The molecule has 1 saturated carbocycles. The zero-order valence-corrected chi connectivity index (χ0v) is 11.5. The molecule has 2 atom stereocenters. The van der Waals surface area contributed by atoms with Crippen LogP contribution in [0.2, 0.25) is 0 Å². The van der Waals surface area contributed by atoms with Crippen molar-refractivity contribution >= 4 is 5.91 Å². The van der Waals surface area contributed by atoms with Gasteiger partial charge in [0.15, 0.2) is 0 Å². The van der Waals surface area contributed by atoms with Crippen molar-refractivity contribution in [2.45, 2.75) is 45.7 Å². The molecule has 4 heteroatoms. The normalized spacial score (nSPS) is 19.2. The van der Waals surface area contributed by atoms with Crippen LogP contribution in [0, 0.1) is 11.8 Å². The van der Waals surface area contributed by atoms with Crippen molar-refractivity contribution in [3.05, 3.63) is 0 Å². The smallest absolute Gasteiger partial charge is 0.240 e. The summed E-state index contributed by atoms with van der Waals surface area (Å²) in [6, 6.07) is -0.101. The minimum Gasteiger partial charge on any atom is -0.383 e. The molecule has 0 radical (unpaired) electrons. The van der Waals surface area contributed by atoms with Crippen molar-refractivity contribution in [2.24, 2.45) is 17.6 Å². The molecule has 0 bridgehead atoms. The van der Waals surface area contributed by atoms with Crippen molar-refractivity contribution in [2.75, 3.05) is 20.3 Å². The lowest BCUT2D eigenvalue weighted by Gasteiger charge is -2.32. The molecule has 0 heterocycles. The van der Waals surface area contributed by atoms with E-state index in [1.807, 2.05) is 18.7 Å². The molecule has 17 heavy (non-hydrogen) atoms. The van der Waals surface area contributed by atoms with Gasteiger partial charge in [0.05, 0.1) is 12.6 Å². The first kappa shape index (κ1) is 14.5. The molecule has 0 aromatic carbocycles. The van der Waals surface area contributed by atoms with E-state index in [-0.39, 0.29) is 11.8 Å². The Labute approximate surface area is 104 Å². The highest BCUT2D eigenvalue weighted by Gasteiger charge is 2.36. The third kappa shape index (κ3) is 3.96. The maximum atomic E-state index is 12.3. The summed E-state index contributed by atoms with van der Waals surface area (Å²) in [5.41, 5.74) is 5.96. The number of ether oxygens (including phenoxy) is 1. The Kier molecular flexibility index (Phi) is 5.40. The van der Waals surface area contributed by atoms with Gasteiger partial charge < -0.3 is 15.4 Å². The minimum atomic E-state index is -0.395. The van der Waals surface area contributed by atoms with Gasteiger partial charge in [0.25, 0.3) is 0 Å². The van der Waals surface area contributed by atoms with Crippen LogP contribution in [0.3, 0.4) is 0 Å². The molecule has 1 aliphatic rings. The molecule has 1 fully saturated rings. The average Bonchev–Trinajstić information content (AvgIpc) is 3.11. The molecule has 1 amide bonds. The van der Waals surface area contributed by atoms with Crippen molar-refractivity contribution in [1.29, 1.82) is 0 Å². The molecule has 4 nitrogen and oxygen atoms in total. The number of amides is 1. The fourth-order valence-electron chi connectivity index (χ4n) is 2.01. The molecule has 0 aromatic heterocycles. The Hall–Kier alpha value is -0.610. The van der Waals surface area contributed by atoms with Gasteiger partial charge in [-0.15, -0.1) is 0 Å². The van der Waals surface area contributed by atoms with Gasteiger partial charge in [-0.3, -0.25) is 4.79 Å². The Balaban J connectivity index is 2.63. The van der Waals surface area contributed by atoms with Crippen molar-refractivity contribution in [3.8, 4) is 0 Å². The number of hydrogen-bond donors (Lipinski definition) is 1. The average molecular weight is 242 g/mol. The number of rotatable bonds is 7. The lowest BCUT2D eigenvalue weighted by atomic mass is 10.0. The summed E-state index contributed by atoms with van der Waals surface area (Å²) in [5.74, 6) is 0.908. The predicted molar refractivity (Wildman–Crippen MR) is 68.6 cm³/mol. The van der Waals surface area contributed by atoms with Crippen LogP contribution in [-0.4, -0.2) is 43.2 Å². The Morgan fingerprint density at radius 2 is 2.00 bits per heavy atom. The topological polar surface area (TPSA) is 55.6 Å². The van der Waals surface area contributed by atoms with E-state index in [9.17, 15) is 4.79 Å². The zero-order valence-electron chi connectivity index (χ0n) is 11.5. The highest BCUT2D eigenvalue weighted by Crippen LogP contribution is 2.35. The zero-order chi connectivity index (χ0) is 13.0. The number of nitrogens with two attached hydrogens (primary N) is 1. The van der Waals surface area contributed by atoms with Crippen LogP contribution >= 0.6 is 0 Å². The minimum absolute atomic E-state index is 0.0662. The fourth-order valence-corrected chi connectivity index (χ4v) is 2.01. The quantitative estimate of drug-likeness (QED) is 0.731. The number of carbonyl (C=O) groups excluding carboxylic acids is 1. The second-order valence-corrected chi connectivity index (χ2v) is 5.37. The van der Waals surface area contributed by atoms with Crippen LogP contribution in [0.5, 0.6) is 0 Å². The Bertz CT molecular complexity index is 252. The largest absolute Gasteiger partial charge is 0.383 e. The van der Waals surface area contributed by atoms with Crippen LogP contribution in [0.4, 0.5) is 0 Å². The van der Waals surface area contributed by atoms with Gasteiger partial charge in [-0.2, -0.15) is 0 Å². The summed E-state index contributed by atoms with van der Waals surface area (Å²) in [6.45, 7) is 7.32. The van der Waals surface area contributed by atoms with E-state index in [4.69, 9.17) is 10.5 Å². The van der Waals surface area contributed by atoms with E-state index in [1.165, 1.54) is 12.8 Å². The van der Waals surface area contributed by atoms with Crippen LogP contribution < -0.4 is 5.73 Å². The molecular formula is C13H26N2O2. The molecular weight excluding hydrogens is 216 g/mol. The summed E-state index contributed by atoms with van der Waals surface area (Å²) >= 11 is 0. The second kappa shape index (κ2) is 6.36. The SMILES string of the molecule is COCCN(C(=O)C(N)C(C)C)C(C)C1CC1. The third-order valence-corrected chi connectivity index (χ3v) is 3.62. The molecule has 100 valence electrons. The first-order chi connectivity index (χ1) is 7.99. The highest BCUT2D eigenvalue weighted by atomic mass is 16.5. The predicted octanol–water partition coefficient (Wildman–Crippen LogP) is 1.24. The third-order valence-electron chi connectivity index (χ3n) is 3.62. The second-order valence-electron chi connectivity index (χ2n) is 5.37. The van der Waals surface area contributed by atoms with Crippen molar-refractivity contribution in [3.63, 3.8) is 0 Å². The summed E-state index contributed by atoms with van der Waals surface area (Å²) in [6.07, 6.45) is 2.46. The van der Waals surface area contributed by atoms with E-state index < -0.39 is 6.04 Å². The first-order valence-electron chi connectivity index (χ1n) is 6.54. The van der Waals surface area contributed by atoms with Crippen molar-refractivity contribution < 1.29 is 9.53 Å². The van der Waals surface area contributed by atoms with E-state index in [1.54, 1.807) is 7.11 Å². The maximum absolute atomic E-state index is 12.3. The number of hydrogen-bond acceptors (Lipinski definition) is 3. The van der Waals surface area contributed by atoms with Gasteiger partial charge in [0, 0.05) is 19.7 Å². The summed E-state index contributed by atoms with van der Waals surface area (Å²) in [4.78, 5) is 14.2. The molecule has 2 N–H and O–H groups in total. The van der Waals surface area contributed by atoms with Crippen LogP contribution in [0.25, 0.3) is 0 Å². The van der Waals surface area contributed by atoms with Crippen LogP contribution in [-0.2, 0) is 9.53 Å². The van der Waals surface area contributed by atoms with E-state index >= 15 is 0 Å². The molecule has 0 aromatic rings. The van der Waals surface area contributed by atoms with E-state index in [2.05, 4.69) is 6.92 Å². The first-order valence-corrected chi connectivity index (χ1v) is 6.54. The Morgan fingerprint density at radius 3 is 2.41 bits per heavy atom. The van der Waals surface area contributed by atoms with Gasteiger partial charge in [-0.1, -0.05) is 13.8 Å². The van der Waals surface area contributed by atoms with Crippen molar-refractivity contribution in [1.82, 2.24) is 4.90 Å². The van der Waals surface area contributed by atoms with Crippen LogP contribution in [0.1, 0.15) is 33.6 Å². The Morgan fingerprint density at radius 1 is 1.41 bits per heavy atom. The van der Waals surface area contributed by atoms with Crippen LogP contribution in [0.15, 0.2) is 0 Å². The standard InChI is InChI=1S/C13H26N2O2/c1-9(2)12(14)13(16)15(7-8-17-4)10(3)11-5-6-11/h9-12H,5-8,14H2,1-4H3. The molecule has 0 spiro atoms. The summed E-state index contributed by atoms with van der Waals surface area (Å²) in [7, 11) is 1.66. The molecule has 1 aliphatic carbocycles. The van der Waals surface area contributed by atoms with E-state index in [0.717, 1.165) is 0 Å². The summed E-state index contributed by atoms with van der Waals surface area (Å²) < 4.78 is 5.08. The molecule has 0 saturated heterocycles. The molecule has 0 aliphatic heterocycles. The molecule has 2 unspecified atom stereocenters. The number of nitrogens with zero attached hydrogens (tertiary/aromatic N) is 1. The monoisotopic (exact) mass is 242 g/mol. The van der Waals surface area contributed by atoms with Gasteiger partial charge in [0.2, 0.25) is 5.91 Å². The lowest BCUT2D eigenvalue weighted by molar-refractivity contribution is -0.136. The maximum Gasteiger partial charge on any atom is 0.240 e. The highest BCUT2D eigenvalue weighted by molar-refractivity contribution is 5.82. The lowest BCUT2D eigenvalue weighted by Crippen LogP contribution is -2.51. The van der Waals surface area contributed by atoms with Gasteiger partial charge >= 0.3 is 0 Å². The van der Waals surface area contributed by atoms with Gasteiger partial charge in [-0.25, -0.2) is 0 Å². The molecule has 1 rings (SSSR count). The fraction of sp³-hybridized carbons (Fsp3) is 0.923. The number of carbonyl (C=O) groups is 1.